The molecule has 2 heteroatoms. The van der Waals surface area contributed by atoms with Gasteiger partial charge >= 0.3 is 0 Å². The predicted molar refractivity (Wildman–Crippen MR) is 60.6 cm³/mol. The highest BCUT2D eigenvalue weighted by Gasteiger charge is 2.21. The van der Waals surface area contributed by atoms with Gasteiger partial charge in [-0.25, -0.2) is 0 Å². The van der Waals surface area contributed by atoms with E-state index in [1.54, 1.807) is 0 Å². The third-order valence-electron chi connectivity index (χ3n) is 3.12. The van der Waals surface area contributed by atoms with Crippen molar-refractivity contribution in [2.75, 3.05) is 0 Å². The molecule has 1 aromatic carbocycles. The molecule has 0 atom stereocenters. The van der Waals surface area contributed by atoms with Crippen molar-refractivity contribution < 1.29 is 0 Å². The van der Waals surface area contributed by atoms with Crippen LogP contribution in [0.25, 0.3) is 0 Å². The molecule has 0 aromatic heterocycles. The van der Waals surface area contributed by atoms with Crippen LogP contribution in [0.3, 0.4) is 0 Å². The lowest BCUT2D eigenvalue weighted by Crippen LogP contribution is -2.25. The summed E-state index contributed by atoms with van der Waals surface area (Å²) in [6.45, 7) is 0. The fraction of sp³-hybridized carbons (Fsp3) is 0.500. The van der Waals surface area contributed by atoms with E-state index >= 15 is 0 Å². The van der Waals surface area contributed by atoms with Gasteiger partial charge in [0.25, 0.3) is 0 Å². The zero-order valence-electron chi connectivity index (χ0n) is 8.25. The number of rotatable bonds is 1. The summed E-state index contributed by atoms with van der Waals surface area (Å²) in [4.78, 5) is 0. The molecule has 1 saturated carbocycles. The minimum absolute atomic E-state index is 0.411. The fourth-order valence-electron chi connectivity index (χ4n) is 2.24. The Morgan fingerprint density at radius 2 is 1.71 bits per heavy atom. The van der Waals surface area contributed by atoms with Crippen molar-refractivity contribution in [3.05, 3.63) is 34.9 Å². The molecule has 14 heavy (non-hydrogen) atoms. The van der Waals surface area contributed by atoms with Crippen molar-refractivity contribution in [1.82, 2.24) is 0 Å². The minimum atomic E-state index is 0.411. The molecular formula is C12H16ClN. The number of hydrogen-bond donors (Lipinski definition) is 1. The Kier molecular flexibility index (Phi) is 3.09. The van der Waals surface area contributed by atoms with Gasteiger partial charge in [0.05, 0.1) is 0 Å². The summed E-state index contributed by atoms with van der Waals surface area (Å²) in [5.74, 6) is 0.628. The molecule has 0 spiro atoms. The minimum Gasteiger partial charge on any atom is -0.328 e. The third-order valence-corrected chi connectivity index (χ3v) is 3.46. The van der Waals surface area contributed by atoms with Gasteiger partial charge in [-0.1, -0.05) is 29.8 Å². The summed E-state index contributed by atoms with van der Waals surface area (Å²) in [5.41, 5.74) is 7.19. The van der Waals surface area contributed by atoms with Crippen molar-refractivity contribution in [3.8, 4) is 0 Å². The van der Waals surface area contributed by atoms with Crippen LogP contribution in [-0.2, 0) is 0 Å². The van der Waals surface area contributed by atoms with E-state index in [1.807, 2.05) is 12.1 Å². The lowest BCUT2D eigenvalue weighted by atomic mass is 9.82. The quantitative estimate of drug-likeness (QED) is 0.755. The highest BCUT2D eigenvalue weighted by molar-refractivity contribution is 6.31. The van der Waals surface area contributed by atoms with Crippen LogP contribution in [0, 0.1) is 0 Å². The number of nitrogens with two attached hydrogens (primary N) is 1. The van der Waals surface area contributed by atoms with Gasteiger partial charge in [-0.3, -0.25) is 0 Å². The second kappa shape index (κ2) is 4.33. The number of hydrogen-bond acceptors (Lipinski definition) is 1. The molecule has 0 unspecified atom stereocenters. The highest BCUT2D eigenvalue weighted by Crippen LogP contribution is 2.35. The molecule has 0 heterocycles. The Morgan fingerprint density at radius 3 is 2.36 bits per heavy atom. The van der Waals surface area contributed by atoms with Crippen molar-refractivity contribution in [3.63, 3.8) is 0 Å². The van der Waals surface area contributed by atoms with E-state index in [0.29, 0.717) is 12.0 Å². The average Bonchev–Trinajstić information content (AvgIpc) is 2.20. The summed E-state index contributed by atoms with van der Waals surface area (Å²) < 4.78 is 0. The number of halogens is 1. The molecule has 1 aromatic rings. The molecule has 0 radical (unpaired) electrons. The molecule has 1 aliphatic carbocycles. The molecule has 1 aliphatic rings. The van der Waals surface area contributed by atoms with Gasteiger partial charge in [-0.05, 0) is 43.2 Å². The lowest BCUT2D eigenvalue weighted by molar-refractivity contribution is 0.395. The molecule has 1 nitrogen and oxygen atoms in total. The SMILES string of the molecule is NC1CCC(c2ccccc2Cl)CC1. The monoisotopic (exact) mass is 209 g/mol. The van der Waals surface area contributed by atoms with Gasteiger partial charge in [0, 0.05) is 11.1 Å². The smallest absolute Gasteiger partial charge is 0.0440 e. The highest BCUT2D eigenvalue weighted by atomic mass is 35.5. The molecule has 2 N–H and O–H groups in total. The van der Waals surface area contributed by atoms with Crippen LogP contribution in [0.15, 0.2) is 24.3 Å². The Labute approximate surface area is 90.3 Å². The first-order valence-electron chi connectivity index (χ1n) is 5.27. The second-order valence-electron chi connectivity index (χ2n) is 4.13. The first-order chi connectivity index (χ1) is 6.77. The van der Waals surface area contributed by atoms with E-state index in [2.05, 4.69) is 12.1 Å². The van der Waals surface area contributed by atoms with Crippen LogP contribution >= 0.6 is 11.6 Å². The van der Waals surface area contributed by atoms with Crippen molar-refractivity contribution >= 4 is 11.6 Å². The van der Waals surface area contributed by atoms with Crippen LogP contribution in [0.4, 0.5) is 0 Å². The summed E-state index contributed by atoms with van der Waals surface area (Å²) in [6, 6.07) is 8.58. The van der Waals surface area contributed by atoms with Gasteiger partial charge in [0.2, 0.25) is 0 Å². The Morgan fingerprint density at radius 1 is 1.07 bits per heavy atom. The molecule has 0 amide bonds. The normalized spacial score (nSPS) is 27.6. The third kappa shape index (κ3) is 2.10. The van der Waals surface area contributed by atoms with Crippen LogP contribution < -0.4 is 5.73 Å². The van der Waals surface area contributed by atoms with Crippen molar-refractivity contribution in [1.29, 1.82) is 0 Å². The summed E-state index contributed by atoms with van der Waals surface area (Å²) in [6.07, 6.45) is 4.64. The Balaban J connectivity index is 2.12. The zero-order chi connectivity index (χ0) is 9.97. The zero-order valence-corrected chi connectivity index (χ0v) is 9.00. The van der Waals surface area contributed by atoms with Crippen LogP contribution in [0.5, 0.6) is 0 Å². The molecular weight excluding hydrogens is 194 g/mol. The van der Waals surface area contributed by atoms with Gasteiger partial charge in [-0.15, -0.1) is 0 Å². The second-order valence-corrected chi connectivity index (χ2v) is 4.54. The van der Waals surface area contributed by atoms with Crippen LogP contribution in [-0.4, -0.2) is 6.04 Å². The van der Waals surface area contributed by atoms with Crippen LogP contribution in [0.1, 0.15) is 37.2 Å². The van der Waals surface area contributed by atoms with E-state index < -0.39 is 0 Å². The van der Waals surface area contributed by atoms with E-state index in [4.69, 9.17) is 17.3 Å². The van der Waals surface area contributed by atoms with E-state index in [-0.39, 0.29) is 0 Å². The van der Waals surface area contributed by atoms with E-state index in [1.165, 1.54) is 18.4 Å². The maximum atomic E-state index is 6.16. The van der Waals surface area contributed by atoms with E-state index in [0.717, 1.165) is 17.9 Å². The first kappa shape index (κ1) is 10.0. The molecule has 0 bridgehead atoms. The average molecular weight is 210 g/mol. The molecule has 76 valence electrons. The van der Waals surface area contributed by atoms with Crippen molar-refractivity contribution in [2.24, 2.45) is 5.73 Å². The maximum Gasteiger partial charge on any atom is 0.0440 e. The molecule has 0 saturated heterocycles. The Bertz CT molecular complexity index is 303. The largest absolute Gasteiger partial charge is 0.328 e. The molecule has 1 fully saturated rings. The van der Waals surface area contributed by atoms with Gasteiger partial charge in [-0.2, -0.15) is 0 Å². The molecule has 0 aliphatic heterocycles. The van der Waals surface area contributed by atoms with Gasteiger partial charge < -0.3 is 5.73 Å². The lowest BCUT2D eigenvalue weighted by Gasteiger charge is -2.26. The molecule has 2 rings (SSSR count). The first-order valence-corrected chi connectivity index (χ1v) is 5.65. The Hall–Kier alpha value is -0.530. The number of benzene rings is 1. The van der Waals surface area contributed by atoms with Gasteiger partial charge in [0.15, 0.2) is 0 Å². The predicted octanol–water partition coefficient (Wildman–Crippen LogP) is 3.32. The summed E-state index contributed by atoms with van der Waals surface area (Å²) in [7, 11) is 0. The maximum absolute atomic E-state index is 6.16. The van der Waals surface area contributed by atoms with Crippen molar-refractivity contribution in [2.45, 2.75) is 37.6 Å². The summed E-state index contributed by atoms with van der Waals surface area (Å²) >= 11 is 6.16. The topological polar surface area (TPSA) is 26.0 Å². The summed E-state index contributed by atoms with van der Waals surface area (Å²) in [5, 5.41) is 0.910. The van der Waals surface area contributed by atoms with Crippen LogP contribution in [0.2, 0.25) is 5.02 Å². The fourth-order valence-corrected chi connectivity index (χ4v) is 2.53. The standard InChI is InChI=1S/C12H16ClN/c13-12-4-2-1-3-11(12)9-5-7-10(14)8-6-9/h1-4,9-10H,5-8,14H2. The van der Waals surface area contributed by atoms with Gasteiger partial charge in [0.1, 0.15) is 0 Å². The van der Waals surface area contributed by atoms with E-state index in [9.17, 15) is 0 Å².